The number of para-hydroxylation sites is 2. The molecule has 0 unspecified atom stereocenters. The van der Waals surface area contributed by atoms with Gasteiger partial charge in [-0.3, -0.25) is 4.79 Å². The van der Waals surface area contributed by atoms with Crippen LogP contribution >= 0.6 is 0 Å². The summed E-state index contributed by atoms with van der Waals surface area (Å²) in [5, 5.41) is 6.54. The highest BCUT2D eigenvalue weighted by atomic mass is 19.4. The van der Waals surface area contributed by atoms with Gasteiger partial charge in [-0.05, 0) is 56.2 Å². The maximum atomic E-state index is 13.8. The molecule has 33 heavy (non-hydrogen) atoms. The molecule has 0 spiro atoms. The summed E-state index contributed by atoms with van der Waals surface area (Å²) in [4.78, 5) is 17.1. The third kappa shape index (κ3) is 4.52. The topological polar surface area (TPSA) is 68.5 Å². The lowest BCUT2D eigenvalue weighted by atomic mass is 10.0. The number of aryl methyl sites for hydroxylation is 2. The smallest absolute Gasteiger partial charge is 0.433 e. The minimum atomic E-state index is -4.70. The Balaban J connectivity index is 1.77. The van der Waals surface area contributed by atoms with Crippen LogP contribution in [0.25, 0.3) is 16.9 Å². The number of ether oxygens (including phenoxy) is 1. The van der Waals surface area contributed by atoms with Crippen molar-refractivity contribution >= 4 is 17.2 Å². The maximum absolute atomic E-state index is 13.8. The first-order valence-electron chi connectivity index (χ1n) is 10.3. The Kier molecular flexibility index (Phi) is 5.80. The van der Waals surface area contributed by atoms with Gasteiger partial charge in [-0.25, -0.2) is 9.50 Å². The maximum Gasteiger partial charge on any atom is 0.433 e. The third-order valence-electron chi connectivity index (χ3n) is 5.19. The van der Waals surface area contributed by atoms with Crippen molar-refractivity contribution in [3.8, 4) is 17.0 Å². The van der Waals surface area contributed by atoms with Crippen LogP contribution in [0.4, 0.5) is 18.9 Å². The molecule has 170 valence electrons. The Hall–Kier alpha value is -3.88. The fourth-order valence-electron chi connectivity index (χ4n) is 3.37. The van der Waals surface area contributed by atoms with Gasteiger partial charge in [-0.2, -0.15) is 18.3 Å². The van der Waals surface area contributed by atoms with E-state index in [1.54, 1.807) is 43.3 Å². The zero-order valence-electron chi connectivity index (χ0n) is 18.2. The molecule has 0 bridgehead atoms. The molecule has 0 saturated carbocycles. The predicted octanol–water partition coefficient (Wildman–Crippen LogP) is 5.68. The molecule has 2 aromatic heterocycles. The van der Waals surface area contributed by atoms with E-state index in [0.717, 1.165) is 17.2 Å². The number of hydrogen-bond donors (Lipinski definition) is 1. The second-order valence-electron chi connectivity index (χ2n) is 7.51. The molecule has 0 radical (unpaired) electrons. The van der Waals surface area contributed by atoms with E-state index in [4.69, 9.17) is 4.74 Å². The van der Waals surface area contributed by atoms with Crippen molar-refractivity contribution in [2.75, 3.05) is 11.9 Å². The summed E-state index contributed by atoms with van der Waals surface area (Å²) in [6.07, 6.45) is -4.70. The molecule has 0 aliphatic rings. The molecule has 0 aliphatic carbocycles. The van der Waals surface area contributed by atoms with E-state index in [1.807, 2.05) is 19.9 Å². The largest absolute Gasteiger partial charge is 0.492 e. The van der Waals surface area contributed by atoms with E-state index in [2.05, 4.69) is 15.4 Å². The molecular weight excluding hydrogens is 433 g/mol. The van der Waals surface area contributed by atoms with Gasteiger partial charge in [0.2, 0.25) is 0 Å². The average Bonchev–Trinajstić information content (AvgIpc) is 3.20. The normalized spacial score (nSPS) is 11.6. The van der Waals surface area contributed by atoms with E-state index in [-0.39, 0.29) is 17.0 Å². The van der Waals surface area contributed by atoms with Crippen LogP contribution in [0.2, 0.25) is 0 Å². The number of halogens is 3. The van der Waals surface area contributed by atoms with Crippen LogP contribution < -0.4 is 10.1 Å². The number of rotatable bonds is 5. The quantitative estimate of drug-likeness (QED) is 0.421. The van der Waals surface area contributed by atoms with Gasteiger partial charge in [-0.1, -0.05) is 24.3 Å². The van der Waals surface area contributed by atoms with Gasteiger partial charge in [0.05, 0.1) is 18.0 Å². The van der Waals surface area contributed by atoms with Crippen molar-refractivity contribution < 1.29 is 22.7 Å². The fraction of sp³-hybridized carbons (Fsp3) is 0.208. The summed E-state index contributed by atoms with van der Waals surface area (Å²) in [5.74, 6) is -0.225. The Labute approximate surface area is 188 Å². The summed E-state index contributed by atoms with van der Waals surface area (Å²) < 4.78 is 47.7. The molecule has 6 nitrogen and oxygen atoms in total. The van der Waals surface area contributed by atoms with Crippen molar-refractivity contribution in [3.63, 3.8) is 0 Å². The molecule has 4 aromatic rings. The van der Waals surface area contributed by atoms with Crippen LogP contribution in [0.3, 0.4) is 0 Å². The third-order valence-corrected chi connectivity index (χ3v) is 5.19. The molecule has 4 rings (SSSR count). The number of carbonyl (C=O) groups is 1. The van der Waals surface area contributed by atoms with E-state index in [9.17, 15) is 18.0 Å². The van der Waals surface area contributed by atoms with Crippen LogP contribution in [0.15, 0.2) is 54.6 Å². The van der Waals surface area contributed by atoms with Crippen LogP contribution in [-0.2, 0) is 6.18 Å². The first-order valence-corrected chi connectivity index (χ1v) is 10.3. The number of aromatic nitrogens is 3. The number of amides is 1. The first-order chi connectivity index (χ1) is 15.7. The Morgan fingerprint density at radius 1 is 1.06 bits per heavy atom. The zero-order chi connectivity index (χ0) is 23.8. The van der Waals surface area contributed by atoms with Gasteiger partial charge in [0.1, 0.15) is 5.75 Å². The minimum absolute atomic E-state index is 0.0821. The lowest BCUT2D eigenvalue weighted by Crippen LogP contribution is -2.16. The summed E-state index contributed by atoms with van der Waals surface area (Å²) in [6.45, 7) is 5.99. The van der Waals surface area contributed by atoms with Crippen molar-refractivity contribution in [3.05, 3.63) is 77.1 Å². The van der Waals surface area contributed by atoms with E-state index in [0.29, 0.717) is 28.1 Å². The number of fused-ring (bicyclic) bond motifs is 1. The Morgan fingerprint density at radius 2 is 1.82 bits per heavy atom. The molecule has 2 aromatic carbocycles. The zero-order valence-corrected chi connectivity index (χ0v) is 18.2. The number of benzene rings is 2. The first kappa shape index (κ1) is 22.3. The number of nitrogens with zero attached hydrogens (tertiary/aromatic N) is 3. The molecule has 2 heterocycles. The number of hydrogen-bond acceptors (Lipinski definition) is 4. The van der Waals surface area contributed by atoms with Crippen LogP contribution in [-0.4, -0.2) is 27.1 Å². The number of nitrogens with one attached hydrogen (secondary N) is 1. The number of alkyl halides is 3. The average molecular weight is 454 g/mol. The second-order valence-corrected chi connectivity index (χ2v) is 7.51. The highest BCUT2D eigenvalue weighted by molar-refractivity contribution is 6.04. The van der Waals surface area contributed by atoms with Gasteiger partial charge in [0, 0.05) is 11.6 Å². The minimum Gasteiger partial charge on any atom is -0.492 e. The van der Waals surface area contributed by atoms with E-state index < -0.39 is 17.8 Å². The van der Waals surface area contributed by atoms with Gasteiger partial charge in [0.15, 0.2) is 17.0 Å². The van der Waals surface area contributed by atoms with Gasteiger partial charge < -0.3 is 10.1 Å². The molecule has 9 heteroatoms. The molecule has 0 saturated heterocycles. The SMILES string of the molecule is CCOc1ccccc1NC(=O)c1cc2nc(-c3ccc(C)c(C)c3)cc(C(F)(F)F)n2n1. The highest BCUT2D eigenvalue weighted by Gasteiger charge is 2.35. The van der Waals surface area contributed by atoms with E-state index >= 15 is 0 Å². The summed E-state index contributed by atoms with van der Waals surface area (Å²) in [6, 6.07) is 14.3. The van der Waals surface area contributed by atoms with Crippen molar-refractivity contribution in [1.29, 1.82) is 0 Å². The second kappa shape index (κ2) is 8.57. The molecule has 1 N–H and O–H groups in total. The molecule has 1 amide bonds. The summed E-state index contributed by atoms with van der Waals surface area (Å²) >= 11 is 0. The molecule has 0 atom stereocenters. The van der Waals surface area contributed by atoms with Crippen LogP contribution in [0.5, 0.6) is 5.75 Å². The Morgan fingerprint density at radius 3 is 2.52 bits per heavy atom. The standard InChI is InChI=1S/C24H21F3N4O2/c1-4-33-20-8-6-5-7-17(20)29-23(32)19-13-22-28-18(16-10-9-14(2)15(3)11-16)12-21(24(25,26)27)31(22)30-19/h5-13H,4H2,1-3H3,(H,29,32). The van der Waals surface area contributed by atoms with Crippen LogP contribution in [0, 0.1) is 13.8 Å². The number of carbonyl (C=O) groups excluding carboxylic acids is 1. The van der Waals surface area contributed by atoms with Gasteiger partial charge in [0.25, 0.3) is 5.91 Å². The van der Waals surface area contributed by atoms with Crippen LogP contribution in [0.1, 0.15) is 34.2 Å². The predicted molar refractivity (Wildman–Crippen MR) is 118 cm³/mol. The summed E-state index contributed by atoms with van der Waals surface area (Å²) in [5.41, 5.74) is 1.74. The monoisotopic (exact) mass is 454 g/mol. The molecule has 0 aliphatic heterocycles. The van der Waals surface area contributed by atoms with Gasteiger partial charge in [-0.15, -0.1) is 0 Å². The highest BCUT2D eigenvalue weighted by Crippen LogP contribution is 2.33. The lowest BCUT2D eigenvalue weighted by molar-refractivity contribution is -0.142. The van der Waals surface area contributed by atoms with Gasteiger partial charge >= 0.3 is 6.18 Å². The lowest BCUT2D eigenvalue weighted by Gasteiger charge is -2.12. The van der Waals surface area contributed by atoms with Crippen molar-refractivity contribution in [2.24, 2.45) is 0 Å². The van der Waals surface area contributed by atoms with Crippen molar-refractivity contribution in [2.45, 2.75) is 26.9 Å². The Bertz CT molecular complexity index is 1350. The summed E-state index contributed by atoms with van der Waals surface area (Å²) in [7, 11) is 0. The van der Waals surface area contributed by atoms with Crippen molar-refractivity contribution in [1.82, 2.24) is 14.6 Å². The molecule has 0 fully saturated rings. The molecular formula is C24H21F3N4O2. The van der Waals surface area contributed by atoms with E-state index in [1.165, 1.54) is 6.07 Å². The number of anilines is 1. The fourth-order valence-corrected chi connectivity index (χ4v) is 3.37.